The summed E-state index contributed by atoms with van der Waals surface area (Å²) >= 11 is 5.79. The van der Waals surface area contributed by atoms with E-state index in [1.165, 1.54) is 0 Å². The Hall–Kier alpha value is -2.53. The highest BCUT2D eigenvalue weighted by Gasteiger charge is 2.21. The second-order valence-electron chi connectivity index (χ2n) is 4.93. The van der Waals surface area contributed by atoms with Crippen LogP contribution in [0.2, 0.25) is 5.02 Å². The van der Waals surface area contributed by atoms with Crippen LogP contribution in [0.1, 0.15) is 11.1 Å². The van der Waals surface area contributed by atoms with Crippen LogP contribution in [0.25, 0.3) is 0 Å². The number of carbonyl (C=O) groups excluding carboxylic acids is 1. The van der Waals surface area contributed by atoms with Gasteiger partial charge in [-0.1, -0.05) is 54.1 Å². The second-order valence-corrected chi connectivity index (χ2v) is 5.36. The van der Waals surface area contributed by atoms with Gasteiger partial charge in [0.15, 0.2) is 0 Å². The van der Waals surface area contributed by atoms with Gasteiger partial charge in [-0.05, 0) is 23.3 Å². The van der Waals surface area contributed by atoms with Gasteiger partial charge in [0, 0.05) is 11.4 Å². The standard InChI is InChI=1S/C17H16ClNO4/c18-14-8-6-12(7-9-14)10-15(16(20)21)19-17(22)23-11-13-4-2-1-3-5-13/h1-9,15H,10-11H2,(H,19,22)(H,20,21)/t15-/m1/s1. The summed E-state index contributed by atoms with van der Waals surface area (Å²) in [5, 5.41) is 12.1. The molecule has 0 heterocycles. The number of benzene rings is 2. The average molecular weight is 334 g/mol. The van der Waals surface area contributed by atoms with Crippen LogP contribution < -0.4 is 5.32 Å². The zero-order valence-corrected chi connectivity index (χ0v) is 13.0. The number of halogens is 1. The molecular weight excluding hydrogens is 318 g/mol. The van der Waals surface area contributed by atoms with Gasteiger partial charge in [-0.2, -0.15) is 0 Å². The molecule has 0 aliphatic heterocycles. The van der Waals surface area contributed by atoms with Gasteiger partial charge in [0.2, 0.25) is 0 Å². The number of carbonyl (C=O) groups is 2. The van der Waals surface area contributed by atoms with E-state index in [1.54, 1.807) is 24.3 Å². The van der Waals surface area contributed by atoms with E-state index in [4.69, 9.17) is 16.3 Å². The highest BCUT2D eigenvalue weighted by atomic mass is 35.5. The van der Waals surface area contributed by atoms with E-state index in [0.29, 0.717) is 5.02 Å². The van der Waals surface area contributed by atoms with E-state index in [2.05, 4.69) is 5.32 Å². The van der Waals surface area contributed by atoms with Crippen molar-refractivity contribution in [1.29, 1.82) is 0 Å². The molecule has 23 heavy (non-hydrogen) atoms. The van der Waals surface area contributed by atoms with E-state index >= 15 is 0 Å². The minimum absolute atomic E-state index is 0.0833. The number of hydrogen-bond acceptors (Lipinski definition) is 3. The summed E-state index contributed by atoms with van der Waals surface area (Å²) in [6.45, 7) is 0.0833. The van der Waals surface area contributed by atoms with E-state index in [1.807, 2.05) is 30.3 Å². The number of nitrogens with one attached hydrogen (secondary N) is 1. The van der Waals surface area contributed by atoms with Gasteiger partial charge in [0.05, 0.1) is 0 Å². The van der Waals surface area contributed by atoms with Gasteiger partial charge in [0.1, 0.15) is 12.6 Å². The Balaban J connectivity index is 1.89. The minimum atomic E-state index is -1.13. The summed E-state index contributed by atoms with van der Waals surface area (Å²) < 4.78 is 5.03. The van der Waals surface area contributed by atoms with Crippen molar-refractivity contribution in [3.05, 3.63) is 70.7 Å². The monoisotopic (exact) mass is 333 g/mol. The van der Waals surface area contributed by atoms with Gasteiger partial charge in [-0.3, -0.25) is 0 Å². The molecule has 1 amide bonds. The molecule has 2 aromatic rings. The van der Waals surface area contributed by atoms with E-state index in [9.17, 15) is 14.7 Å². The Morgan fingerprint density at radius 1 is 1.04 bits per heavy atom. The van der Waals surface area contributed by atoms with Gasteiger partial charge in [0.25, 0.3) is 0 Å². The molecule has 2 N–H and O–H groups in total. The lowest BCUT2D eigenvalue weighted by Gasteiger charge is -2.14. The van der Waals surface area contributed by atoms with Crippen LogP contribution >= 0.6 is 11.6 Å². The molecular formula is C17H16ClNO4. The molecule has 0 unspecified atom stereocenters. The number of hydrogen-bond donors (Lipinski definition) is 2. The molecule has 6 heteroatoms. The summed E-state index contributed by atoms with van der Waals surface area (Å²) in [6.07, 6.45) is -0.623. The molecule has 120 valence electrons. The Labute approximate surface area is 138 Å². The molecule has 0 saturated carbocycles. The van der Waals surface area contributed by atoms with Crippen molar-refractivity contribution in [3.63, 3.8) is 0 Å². The van der Waals surface area contributed by atoms with Gasteiger partial charge in [-0.25, -0.2) is 9.59 Å². The number of amides is 1. The minimum Gasteiger partial charge on any atom is -0.480 e. The smallest absolute Gasteiger partial charge is 0.408 e. The quantitative estimate of drug-likeness (QED) is 0.850. The zero-order chi connectivity index (χ0) is 16.7. The second kappa shape index (κ2) is 8.19. The molecule has 0 aromatic heterocycles. The fourth-order valence-electron chi connectivity index (χ4n) is 1.96. The summed E-state index contributed by atoms with van der Waals surface area (Å²) in [5.41, 5.74) is 1.58. The van der Waals surface area contributed by atoms with E-state index < -0.39 is 18.1 Å². The maximum atomic E-state index is 11.8. The maximum absolute atomic E-state index is 11.8. The van der Waals surface area contributed by atoms with Crippen LogP contribution in [0.3, 0.4) is 0 Å². The first-order valence-electron chi connectivity index (χ1n) is 6.99. The number of alkyl carbamates (subject to hydrolysis) is 1. The van der Waals surface area contributed by atoms with Crippen LogP contribution in [-0.4, -0.2) is 23.2 Å². The van der Waals surface area contributed by atoms with Crippen LogP contribution in [0.15, 0.2) is 54.6 Å². The topological polar surface area (TPSA) is 75.6 Å². The molecule has 0 aliphatic carbocycles. The predicted molar refractivity (Wildman–Crippen MR) is 86.3 cm³/mol. The number of rotatable bonds is 6. The summed E-state index contributed by atoms with van der Waals surface area (Å²) in [4.78, 5) is 23.0. The fraction of sp³-hybridized carbons (Fsp3) is 0.176. The molecule has 0 aliphatic rings. The summed E-state index contributed by atoms with van der Waals surface area (Å²) in [5.74, 6) is -1.13. The van der Waals surface area contributed by atoms with Crippen LogP contribution in [0.4, 0.5) is 4.79 Å². The largest absolute Gasteiger partial charge is 0.480 e. The van der Waals surface area contributed by atoms with E-state index in [-0.39, 0.29) is 13.0 Å². The Morgan fingerprint density at radius 2 is 1.70 bits per heavy atom. The van der Waals surface area contributed by atoms with Crippen molar-refractivity contribution in [2.45, 2.75) is 19.1 Å². The first kappa shape index (κ1) is 16.8. The lowest BCUT2D eigenvalue weighted by molar-refractivity contribution is -0.139. The summed E-state index contributed by atoms with van der Waals surface area (Å²) in [6, 6.07) is 14.9. The molecule has 0 radical (unpaired) electrons. The van der Waals surface area contributed by atoms with Crippen LogP contribution in [-0.2, 0) is 22.6 Å². The highest BCUT2D eigenvalue weighted by molar-refractivity contribution is 6.30. The number of aliphatic carboxylic acids is 1. The van der Waals surface area contributed by atoms with Crippen molar-refractivity contribution in [3.8, 4) is 0 Å². The average Bonchev–Trinajstić information content (AvgIpc) is 2.55. The zero-order valence-electron chi connectivity index (χ0n) is 12.2. The van der Waals surface area contributed by atoms with Crippen molar-refractivity contribution in [1.82, 2.24) is 5.32 Å². The van der Waals surface area contributed by atoms with Gasteiger partial charge >= 0.3 is 12.1 Å². The highest BCUT2D eigenvalue weighted by Crippen LogP contribution is 2.11. The predicted octanol–water partition coefficient (Wildman–Crippen LogP) is 3.26. The van der Waals surface area contributed by atoms with E-state index in [0.717, 1.165) is 11.1 Å². The molecule has 0 spiro atoms. The van der Waals surface area contributed by atoms with Crippen LogP contribution in [0.5, 0.6) is 0 Å². The Bertz CT molecular complexity index is 658. The third kappa shape index (κ3) is 5.64. The number of carboxylic acid groups (broad SMARTS) is 1. The number of ether oxygens (including phenoxy) is 1. The Kier molecular flexibility index (Phi) is 6.00. The van der Waals surface area contributed by atoms with Crippen molar-refractivity contribution >= 4 is 23.7 Å². The molecule has 0 fully saturated rings. The molecule has 5 nitrogen and oxygen atoms in total. The third-order valence-electron chi connectivity index (χ3n) is 3.16. The lowest BCUT2D eigenvalue weighted by Crippen LogP contribution is -2.42. The van der Waals surface area contributed by atoms with Crippen molar-refractivity contribution < 1.29 is 19.4 Å². The molecule has 0 saturated heterocycles. The van der Waals surface area contributed by atoms with Crippen molar-refractivity contribution in [2.24, 2.45) is 0 Å². The maximum Gasteiger partial charge on any atom is 0.408 e. The normalized spacial score (nSPS) is 11.5. The SMILES string of the molecule is O=C(N[C@H](Cc1ccc(Cl)cc1)C(=O)O)OCc1ccccc1. The van der Waals surface area contributed by atoms with Gasteiger partial charge in [-0.15, -0.1) is 0 Å². The third-order valence-corrected chi connectivity index (χ3v) is 3.41. The van der Waals surface area contributed by atoms with Crippen molar-refractivity contribution in [2.75, 3.05) is 0 Å². The molecule has 1 atom stereocenters. The molecule has 2 rings (SSSR count). The first-order valence-corrected chi connectivity index (χ1v) is 7.37. The molecule has 0 bridgehead atoms. The van der Waals surface area contributed by atoms with Gasteiger partial charge < -0.3 is 15.2 Å². The van der Waals surface area contributed by atoms with Crippen LogP contribution in [0, 0.1) is 0 Å². The molecule has 2 aromatic carbocycles. The fourth-order valence-corrected chi connectivity index (χ4v) is 2.09. The summed E-state index contributed by atoms with van der Waals surface area (Å²) in [7, 11) is 0. The number of carboxylic acids is 1. The first-order chi connectivity index (χ1) is 11.0. The lowest BCUT2D eigenvalue weighted by atomic mass is 10.1. The Morgan fingerprint density at radius 3 is 2.30 bits per heavy atom.